The Morgan fingerprint density at radius 2 is 2.40 bits per heavy atom. The van der Waals surface area contributed by atoms with Gasteiger partial charge in [0.15, 0.2) is 0 Å². The zero-order chi connectivity index (χ0) is 11.1. The number of hydrogen-bond acceptors (Lipinski definition) is 4. The van der Waals surface area contributed by atoms with Crippen LogP contribution in [0.3, 0.4) is 0 Å². The highest BCUT2D eigenvalue weighted by atomic mass is 16.5. The van der Waals surface area contributed by atoms with Gasteiger partial charge in [-0.05, 0) is 19.9 Å². The summed E-state index contributed by atoms with van der Waals surface area (Å²) in [5.41, 5.74) is 0.903. The van der Waals surface area contributed by atoms with Crippen LogP contribution in [0.15, 0.2) is 18.3 Å². The van der Waals surface area contributed by atoms with Crippen LogP contribution < -0.4 is 10.1 Å². The molecule has 0 amide bonds. The van der Waals surface area contributed by atoms with Crippen molar-refractivity contribution in [3.8, 4) is 11.9 Å². The van der Waals surface area contributed by atoms with Gasteiger partial charge in [-0.3, -0.25) is 0 Å². The molecule has 80 valence electrons. The Balaban J connectivity index is 2.46. The van der Waals surface area contributed by atoms with Crippen molar-refractivity contribution in [2.24, 2.45) is 5.92 Å². The number of nitriles is 1. The zero-order valence-electron chi connectivity index (χ0n) is 9.03. The fourth-order valence-electron chi connectivity index (χ4n) is 1.03. The first-order chi connectivity index (χ1) is 7.26. The van der Waals surface area contributed by atoms with Crippen molar-refractivity contribution >= 4 is 5.69 Å². The maximum absolute atomic E-state index is 8.60. The van der Waals surface area contributed by atoms with E-state index in [0.717, 1.165) is 5.69 Å². The fraction of sp³-hybridized carbons (Fsp3) is 0.455. The predicted octanol–water partition coefficient (Wildman–Crippen LogP) is 2.05. The van der Waals surface area contributed by atoms with Gasteiger partial charge >= 0.3 is 0 Å². The van der Waals surface area contributed by atoms with Crippen LogP contribution in [-0.2, 0) is 0 Å². The lowest BCUT2D eigenvalue weighted by atomic mass is 10.2. The normalized spacial score (nSPS) is 11.5. The minimum Gasteiger partial charge on any atom is -0.478 e. The second-order valence-electron chi connectivity index (χ2n) is 3.23. The molecule has 1 aromatic heterocycles. The molecule has 0 radical (unpaired) electrons. The molecular weight excluding hydrogens is 190 g/mol. The molecule has 0 aliphatic carbocycles. The van der Waals surface area contributed by atoms with Crippen LogP contribution in [0.5, 0.6) is 5.88 Å². The summed E-state index contributed by atoms with van der Waals surface area (Å²) in [6, 6.07) is 5.86. The summed E-state index contributed by atoms with van der Waals surface area (Å²) in [4.78, 5) is 4.10. The fourth-order valence-corrected chi connectivity index (χ4v) is 1.03. The number of anilines is 1. The first-order valence-corrected chi connectivity index (χ1v) is 4.98. The maximum Gasteiger partial charge on any atom is 0.213 e. The first kappa shape index (κ1) is 11.3. The molecule has 1 heterocycles. The minimum absolute atomic E-state index is 0.00318. The van der Waals surface area contributed by atoms with Crippen molar-refractivity contribution in [1.82, 2.24) is 4.98 Å². The molecule has 4 nitrogen and oxygen atoms in total. The van der Waals surface area contributed by atoms with Crippen molar-refractivity contribution in [3.63, 3.8) is 0 Å². The summed E-state index contributed by atoms with van der Waals surface area (Å²) in [5.74, 6) is 0.618. The molecule has 0 fully saturated rings. The van der Waals surface area contributed by atoms with Crippen LogP contribution in [0.4, 0.5) is 5.69 Å². The third kappa shape index (κ3) is 3.86. The van der Waals surface area contributed by atoms with Crippen molar-refractivity contribution in [1.29, 1.82) is 5.26 Å². The topological polar surface area (TPSA) is 57.9 Å². The van der Waals surface area contributed by atoms with E-state index in [1.165, 1.54) is 0 Å². The van der Waals surface area contributed by atoms with Crippen LogP contribution in [0.1, 0.15) is 13.8 Å². The molecule has 1 unspecified atom stereocenters. The Hall–Kier alpha value is -1.76. The van der Waals surface area contributed by atoms with E-state index >= 15 is 0 Å². The molecule has 0 aliphatic rings. The smallest absolute Gasteiger partial charge is 0.213 e. The van der Waals surface area contributed by atoms with Crippen molar-refractivity contribution < 1.29 is 4.74 Å². The van der Waals surface area contributed by atoms with Crippen molar-refractivity contribution in [2.75, 3.05) is 18.5 Å². The average Bonchev–Trinajstić information content (AvgIpc) is 2.28. The summed E-state index contributed by atoms with van der Waals surface area (Å²) in [6.07, 6.45) is 1.70. The molecular formula is C11H15N3O. The summed E-state index contributed by atoms with van der Waals surface area (Å²) < 4.78 is 5.22. The van der Waals surface area contributed by atoms with Gasteiger partial charge in [0, 0.05) is 12.6 Å². The number of rotatable bonds is 5. The second kappa shape index (κ2) is 5.86. The first-order valence-electron chi connectivity index (χ1n) is 4.98. The van der Waals surface area contributed by atoms with E-state index in [1.54, 1.807) is 6.20 Å². The lowest BCUT2D eigenvalue weighted by molar-refractivity contribution is 0.327. The molecule has 0 aromatic carbocycles. The second-order valence-corrected chi connectivity index (χ2v) is 3.23. The number of aromatic nitrogens is 1. The Morgan fingerprint density at radius 3 is 2.93 bits per heavy atom. The van der Waals surface area contributed by atoms with Crippen LogP contribution in [-0.4, -0.2) is 18.1 Å². The van der Waals surface area contributed by atoms with E-state index in [2.05, 4.69) is 16.4 Å². The largest absolute Gasteiger partial charge is 0.478 e. The van der Waals surface area contributed by atoms with Crippen LogP contribution in [0.25, 0.3) is 0 Å². The Bertz CT molecular complexity index is 329. The highest BCUT2D eigenvalue weighted by molar-refractivity contribution is 5.42. The number of nitrogens with one attached hydrogen (secondary N) is 1. The molecule has 1 atom stereocenters. The number of hydrogen-bond donors (Lipinski definition) is 1. The summed E-state index contributed by atoms with van der Waals surface area (Å²) in [6.45, 7) is 5.04. The monoisotopic (exact) mass is 205 g/mol. The van der Waals surface area contributed by atoms with E-state index in [0.29, 0.717) is 19.0 Å². The summed E-state index contributed by atoms with van der Waals surface area (Å²) >= 11 is 0. The van der Waals surface area contributed by atoms with E-state index in [1.807, 2.05) is 26.0 Å². The van der Waals surface area contributed by atoms with E-state index in [-0.39, 0.29) is 5.92 Å². The Morgan fingerprint density at radius 1 is 1.60 bits per heavy atom. The van der Waals surface area contributed by atoms with Gasteiger partial charge in [0.2, 0.25) is 5.88 Å². The molecule has 0 aliphatic heterocycles. The van der Waals surface area contributed by atoms with Gasteiger partial charge in [0.05, 0.1) is 30.5 Å². The summed E-state index contributed by atoms with van der Waals surface area (Å²) in [5, 5.41) is 11.7. The van der Waals surface area contributed by atoms with Crippen LogP contribution in [0.2, 0.25) is 0 Å². The van der Waals surface area contributed by atoms with Gasteiger partial charge < -0.3 is 10.1 Å². The molecule has 0 spiro atoms. The van der Waals surface area contributed by atoms with E-state index < -0.39 is 0 Å². The van der Waals surface area contributed by atoms with E-state index in [9.17, 15) is 0 Å². The molecule has 1 aromatic rings. The molecule has 4 heteroatoms. The van der Waals surface area contributed by atoms with Gasteiger partial charge in [0.25, 0.3) is 0 Å². The van der Waals surface area contributed by atoms with Gasteiger partial charge in [-0.1, -0.05) is 0 Å². The van der Waals surface area contributed by atoms with E-state index in [4.69, 9.17) is 10.00 Å². The average molecular weight is 205 g/mol. The quantitative estimate of drug-likeness (QED) is 0.799. The standard InChI is InChI=1S/C11H15N3O/c1-3-15-11-5-4-10(8-14-11)13-7-9(2)6-12/h4-5,8-9,13H,3,7H2,1-2H3. The van der Waals surface area contributed by atoms with Crippen LogP contribution in [0, 0.1) is 17.2 Å². The maximum atomic E-state index is 8.60. The highest BCUT2D eigenvalue weighted by Gasteiger charge is 1.99. The lowest BCUT2D eigenvalue weighted by Gasteiger charge is -2.07. The van der Waals surface area contributed by atoms with Gasteiger partial charge in [-0.15, -0.1) is 0 Å². The lowest BCUT2D eigenvalue weighted by Crippen LogP contribution is -2.09. The van der Waals surface area contributed by atoms with Gasteiger partial charge in [-0.25, -0.2) is 4.98 Å². The molecule has 0 saturated carbocycles. The molecule has 1 N–H and O–H groups in total. The molecule has 1 rings (SSSR count). The van der Waals surface area contributed by atoms with Crippen molar-refractivity contribution in [3.05, 3.63) is 18.3 Å². The minimum atomic E-state index is -0.00318. The van der Waals surface area contributed by atoms with Gasteiger partial charge in [-0.2, -0.15) is 5.26 Å². The third-order valence-corrected chi connectivity index (χ3v) is 1.86. The van der Waals surface area contributed by atoms with Crippen molar-refractivity contribution in [2.45, 2.75) is 13.8 Å². The number of ether oxygens (including phenoxy) is 1. The number of nitrogens with zero attached hydrogens (tertiary/aromatic N) is 2. The van der Waals surface area contributed by atoms with Gasteiger partial charge in [0.1, 0.15) is 0 Å². The molecule has 15 heavy (non-hydrogen) atoms. The molecule has 0 bridgehead atoms. The SMILES string of the molecule is CCOc1ccc(NCC(C)C#N)cn1. The van der Waals surface area contributed by atoms with Crippen LogP contribution >= 0.6 is 0 Å². The zero-order valence-corrected chi connectivity index (χ0v) is 9.03. The molecule has 0 saturated heterocycles. The highest BCUT2D eigenvalue weighted by Crippen LogP contribution is 2.11. The Labute approximate surface area is 89.9 Å². The Kier molecular flexibility index (Phi) is 4.42. The number of pyridine rings is 1. The predicted molar refractivity (Wildman–Crippen MR) is 58.7 cm³/mol. The third-order valence-electron chi connectivity index (χ3n) is 1.86. The summed E-state index contributed by atoms with van der Waals surface area (Å²) in [7, 11) is 0.